The molecule has 0 saturated carbocycles. The lowest BCUT2D eigenvalue weighted by Crippen LogP contribution is -1.97. The Hall–Kier alpha value is -1.56. The Balaban J connectivity index is 2.27. The summed E-state index contributed by atoms with van der Waals surface area (Å²) in [7, 11) is 0. The van der Waals surface area contributed by atoms with Gasteiger partial charge in [0.1, 0.15) is 0 Å². The highest BCUT2D eigenvalue weighted by molar-refractivity contribution is 5.86. The van der Waals surface area contributed by atoms with Crippen LogP contribution in [0.4, 0.5) is 0 Å². The van der Waals surface area contributed by atoms with Crippen molar-refractivity contribution >= 4 is 5.57 Å². The van der Waals surface area contributed by atoms with E-state index in [4.69, 9.17) is 0 Å². The van der Waals surface area contributed by atoms with Gasteiger partial charge in [-0.3, -0.25) is 0 Å². The van der Waals surface area contributed by atoms with E-state index < -0.39 is 0 Å². The lowest BCUT2D eigenvalue weighted by atomic mass is 9.91. The molecule has 0 aliphatic heterocycles. The van der Waals surface area contributed by atoms with Crippen LogP contribution < -0.4 is 0 Å². The van der Waals surface area contributed by atoms with Crippen LogP contribution in [0.1, 0.15) is 49.3 Å². The molecule has 0 fully saturated rings. The van der Waals surface area contributed by atoms with Crippen LogP contribution in [0.5, 0.6) is 0 Å². The van der Waals surface area contributed by atoms with Crippen LogP contribution in [0.15, 0.2) is 48.1 Å². The summed E-state index contributed by atoms with van der Waals surface area (Å²) in [4.78, 5) is 0. The highest BCUT2D eigenvalue weighted by Crippen LogP contribution is 2.47. The van der Waals surface area contributed by atoms with Crippen LogP contribution in [-0.4, -0.2) is 0 Å². The van der Waals surface area contributed by atoms with Crippen molar-refractivity contribution in [3.63, 3.8) is 0 Å². The molecule has 92 valence electrons. The standard InChI is InChI=1S/C18H20/c1-3-8-15-14(4-2)16-11-6-5-9-13-10-7-12-17(15)18(13)16/h3,6-8,10-12,16H,4-5,9H2,1-2H3/b8-3-. The molecule has 0 heterocycles. The molecule has 1 atom stereocenters. The second-order valence-corrected chi connectivity index (χ2v) is 5.12. The van der Waals surface area contributed by atoms with Gasteiger partial charge in [0.15, 0.2) is 0 Å². The minimum atomic E-state index is 0.537. The zero-order valence-corrected chi connectivity index (χ0v) is 11.2. The van der Waals surface area contributed by atoms with Gasteiger partial charge in [0.2, 0.25) is 0 Å². The van der Waals surface area contributed by atoms with E-state index in [9.17, 15) is 0 Å². The third-order valence-corrected chi connectivity index (χ3v) is 4.14. The summed E-state index contributed by atoms with van der Waals surface area (Å²) in [6.07, 6.45) is 12.8. The summed E-state index contributed by atoms with van der Waals surface area (Å²) in [5.74, 6) is 0.537. The van der Waals surface area contributed by atoms with Crippen molar-refractivity contribution in [2.75, 3.05) is 0 Å². The molecule has 0 heteroatoms. The first-order chi connectivity index (χ1) is 8.86. The topological polar surface area (TPSA) is 0 Å². The lowest BCUT2D eigenvalue weighted by molar-refractivity contribution is 0.927. The molecule has 1 unspecified atom stereocenters. The van der Waals surface area contributed by atoms with Gasteiger partial charge >= 0.3 is 0 Å². The van der Waals surface area contributed by atoms with E-state index >= 15 is 0 Å². The van der Waals surface area contributed by atoms with Crippen LogP contribution in [0.25, 0.3) is 5.57 Å². The van der Waals surface area contributed by atoms with Crippen LogP contribution in [0.3, 0.4) is 0 Å². The molecule has 0 N–H and O–H groups in total. The molecule has 0 spiro atoms. The van der Waals surface area contributed by atoms with E-state index in [1.54, 1.807) is 16.7 Å². The first kappa shape index (κ1) is 11.5. The van der Waals surface area contributed by atoms with E-state index in [2.05, 4.69) is 56.4 Å². The summed E-state index contributed by atoms with van der Waals surface area (Å²) in [6, 6.07) is 6.83. The highest BCUT2D eigenvalue weighted by atomic mass is 14.3. The average molecular weight is 236 g/mol. The minimum Gasteiger partial charge on any atom is -0.0873 e. The predicted molar refractivity (Wildman–Crippen MR) is 78.7 cm³/mol. The SMILES string of the molecule is C/C=C\C1=C(CC)C2C=CCCc3cccc1c32. The van der Waals surface area contributed by atoms with Crippen molar-refractivity contribution in [3.8, 4) is 0 Å². The molecule has 18 heavy (non-hydrogen) atoms. The summed E-state index contributed by atoms with van der Waals surface area (Å²) >= 11 is 0. The molecule has 2 aliphatic rings. The molecular formula is C18H20. The maximum atomic E-state index is 2.42. The van der Waals surface area contributed by atoms with E-state index in [0.29, 0.717) is 5.92 Å². The number of benzene rings is 1. The zero-order valence-electron chi connectivity index (χ0n) is 11.2. The fourth-order valence-corrected chi connectivity index (χ4v) is 3.41. The Morgan fingerprint density at radius 1 is 1.33 bits per heavy atom. The molecule has 1 aromatic rings. The largest absolute Gasteiger partial charge is 0.0873 e. The van der Waals surface area contributed by atoms with E-state index in [1.807, 2.05) is 0 Å². The summed E-state index contributed by atoms with van der Waals surface area (Å²) in [5.41, 5.74) is 7.66. The molecule has 0 bridgehead atoms. The molecular weight excluding hydrogens is 216 g/mol. The van der Waals surface area contributed by atoms with Crippen molar-refractivity contribution in [2.24, 2.45) is 0 Å². The van der Waals surface area contributed by atoms with Gasteiger partial charge in [-0.2, -0.15) is 0 Å². The molecule has 1 aromatic carbocycles. The molecule has 0 nitrogen and oxygen atoms in total. The number of hydrogen-bond donors (Lipinski definition) is 0. The first-order valence-corrected chi connectivity index (χ1v) is 7.01. The fraction of sp³-hybridized carbons (Fsp3) is 0.333. The van der Waals surface area contributed by atoms with Crippen molar-refractivity contribution in [1.82, 2.24) is 0 Å². The molecule has 2 aliphatic carbocycles. The normalized spacial score (nSPS) is 21.6. The molecule has 0 amide bonds. The van der Waals surface area contributed by atoms with Crippen molar-refractivity contribution in [2.45, 2.75) is 39.0 Å². The van der Waals surface area contributed by atoms with Gasteiger partial charge in [0.25, 0.3) is 0 Å². The van der Waals surface area contributed by atoms with Gasteiger partial charge in [-0.25, -0.2) is 0 Å². The average Bonchev–Trinajstić information content (AvgIpc) is 2.56. The summed E-state index contributed by atoms with van der Waals surface area (Å²) in [6.45, 7) is 4.39. The maximum absolute atomic E-state index is 2.42. The lowest BCUT2D eigenvalue weighted by Gasteiger charge is -2.13. The van der Waals surface area contributed by atoms with Gasteiger partial charge in [-0.1, -0.05) is 55.0 Å². The number of hydrogen-bond acceptors (Lipinski definition) is 0. The molecule has 0 radical (unpaired) electrons. The Kier molecular flexibility index (Phi) is 2.95. The maximum Gasteiger partial charge on any atom is 0.0246 e. The molecule has 3 rings (SSSR count). The number of allylic oxidation sites excluding steroid dienone is 6. The van der Waals surface area contributed by atoms with Crippen molar-refractivity contribution in [1.29, 1.82) is 0 Å². The second kappa shape index (κ2) is 4.61. The Morgan fingerprint density at radius 3 is 3.00 bits per heavy atom. The number of rotatable bonds is 2. The van der Waals surface area contributed by atoms with Crippen LogP contribution in [-0.2, 0) is 6.42 Å². The van der Waals surface area contributed by atoms with Crippen LogP contribution in [0.2, 0.25) is 0 Å². The van der Waals surface area contributed by atoms with Crippen molar-refractivity contribution < 1.29 is 0 Å². The minimum absolute atomic E-state index is 0.537. The van der Waals surface area contributed by atoms with Gasteiger partial charge in [0, 0.05) is 5.92 Å². The van der Waals surface area contributed by atoms with Crippen LogP contribution >= 0.6 is 0 Å². The van der Waals surface area contributed by atoms with E-state index in [0.717, 1.165) is 6.42 Å². The molecule has 0 aromatic heterocycles. The first-order valence-electron chi connectivity index (χ1n) is 7.01. The smallest absolute Gasteiger partial charge is 0.0246 e. The third kappa shape index (κ3) is 1.59. The van der Waals surface area contributed by atoms with Gasteiger partial charge < -0.3 is 0 Å². The van der Waals surface area contributed by atoms with Crippen molar-refractivity contribution in [3.05, 3.63) is 64.8 Å². The fourth-order valence-electron chi connectivity index (χ4n) is 3.41. The zero-order chi connectivity index (χ0) is 12.5. The van der Waals surface area contributed by atoms with Gasteiger partial charge in [-0.15, -0.1) is 0 Å². The predicted octanol–water partition coefficient (Wildman–Crippen LogP) is 5.03. The second-order valence-electron chi connectivity index (χ2n) is 5.12. The van der Waals surface area contributed by atoms with Gasteiger partial charge in [0.05, 0.1) is 0 Å². The van der Waals surface area contributed by atoms with E-state index in [1.165, 1.54) is 24.0 Å². The van der Waals surface area contributed by atoms with E-state index in [-0.39, 0.29) is 0 Å². The summed E-state index contributed by atoms with van der Waals surface area (Å²) < 4.78 is 0. The monoisotopic (exact) mass is 236 g/mol. The van der Waals surface area contributed by atoms with Gasteiger partial charge in [-0.05, 0) is 48.4 Å². The Morgan fingerprint density at radius 2 is 2.22 bits per heavy atom. The quantitative estimate of drug-likeness (QED) is 0.632. The molecule has 0 saturated heterocycles. The van der Waals surface area contributed by atoms with Crippen LogP contribution in [0, 0.1) is 0 Å². The Labute approximate surface area is 110 Å². The number of aryl methyl sites for hydroxylation is 1. The third-order valence-electron chi connectivity index (χ3n) is 4.14. The highest BCUT2D eigenvalue weighted by Gasteiger charge is 2.29. The Bertz CT molecular complexity index is 555. The summed E-state index contributed by atoms with van der Waals surface area (Å²) in [5, 5.41) is 0.